The lowest BCUT2D eigenvalue weighted by Crippen LogP contribution is -2.30. The summed E-state index contributed by atoms with van der Waals surface area (Å²) in [4.78, 5) is 2.28. The van der Waals surface area contributed by atoms with E-state index in [9.17, 15) is 4.39 Å². The number of hydrogen-bond donors (Lipinski definition) is 1. The molecule has 1 saturated carbocycles. The number of nitrogens with zero attached hydrogens (tertiary/aromatic N) is 1. The van der Waals surface area contributed by atoms with Crippen LogP contribution in [-0.4, -0.2) is 19.1 Å². The summed E-state index contributed by atoms with van der Waals surface area (Å²) in [6.07, 6.45) is 3.46. The number of benzene rings is 1. The Morgan fingerprint density at radius 3 is 2.70 bits per heavy atom. The van der Waals surface area contributed by atoms with Gasteiger partial charge < -0.3 is 10.2 Å². The number of nitrogens with one attached hydrogen (secondary N) is 1. The molecule has 0 spiro atoms. The van der Waals surface area contributed by atoms with Crippen LogP contribution in [0, 0.1) is 11.7 Å². The predicted molar refractivity (Wildman–Crippen MR) is 83.6 cm³/mol. The van der Waals surface area contributed by atoms with Gasteiger partial charge in [0.05, 0.1) is 5.69 Å². The van der Waals surface area contributed by atoms with E-state index in [1.165, 1.54) is 12.8 Å². The third-order valence-corrected chi connectivity index (χ3v) is 3.68. The molecular weight excluding hydrogens is 251 g/mol. The Morgan fingerprint density at radius 2 is 2.10 bits per heavy atom. The van der Waals surface area contributed by atoms with Crippen molar-refractivity contribution in [1.29, 1.82) is 0 Å². The van der Waals surface area contributed by atoms with Gasteiger partial charge in [0.15, 0.2) is 0 Å². The van der Waals surface area contributed by atoms with E-state index in [1.807, 2.05) is 6.07 Å². The molecule has 2 rings (SSSR count). The Hall–Kier alpha value is -1.09. The van der Waals surface area contributed by atoms with Crippen LogP contribution >= 0.6 is 0 Å². The fourth-order valence-corrected chi connectivity index (χ4v) is 2.62. The van der Waals surface area contributed by atoms with Gasteiger partial charge in [0.1, 0.15) is 5.82 Å². The molecule has 3 heteroatoms. The van der Waals surface area contributed by atoms with Crippen molar-refractivity contribution in [2.24, 2.45) is 5.92 Å². The molecule has 0 radical (unpaired) electrons. The zero-order valence-electron chi connectivity index (χ0n) is 13.0. The molecular formula is C17H27FN2. The van der Waals surface area contributed by atoms with Gasteiger partial charge >= 0.3 is 0 Å². The van der Waals surface area contributed by atoms with E-state index in [-0.39, 0.29) is 5.82 Å². The third kappa shape index (κ3) is 3.95. The monoisotopic (exact) mass is 278 g/mol. The first-order chi connectivity index (χ1) is 9.63. The molecule has 1 fully saturated rings. The van der Waals surface area contributed by atoms with Gasteiger partial charge in [0, 0.05) is 19.1 Å². The average molecular weight is 278 g/mol. The van der Waals surface area contributed by atoms with E-state index in [2.05, 4.69) is 37.1 Å². The molecule has 0 unspecified atom stereocenters. The van der Waals surface area contributed by atoms with Crippen LogP contribution in [0.5, 0.6) is 0 Å². The standard InChI is InChI=1S/C17H27FN2/c1-4-10-20(15-8-9-15)17-14(6-5-7-16(17)18)12-19-11-13(2)3/h5-7,13,15,19H,4,8-12H2,1-3H3. The Morgan fingerprint density at radius 1 is 1.35 bits per heavy atom. The van der Waals surface area contributed by atoms with E-state index in [4.69, 9.17) is 0 Å². The quantitative estimate of drug-likeness (QED) is 0.774. The van der Waals surface area contributed by atoms with Gasteiger partial charge in [-0.3, -0.25) is 0 Å². The maximum absolute atomic E-state index is 14.3. The molecule has 1 aliphatic rings. The summed E-state index contributed by atoms with van der Waals surface area (Å²) in [5, 5.41) is 3.43. The second-order valence-electron chi connectivity index (χ2n) is 6.20. The van der Waals surface area contributed by atoms with Gasteiger partial charge in [-0.15, -0.1) is 0 Å². The first-order valence-corrected chi connectivity index (χ1v) is 7.88. The second kappa shape index (κ2) is 7.07. The van der Waals surface area contributed by atoms with Crippen LogP contribution in [0.4, 0.5) is 10.1 Å². The fourth-order valence-electron chi connectivity index (χ4n) is 2.62. The molecule has 0 atom stereocenters. The van der Waals surface area contributed by atoms with Crippen molar-refractivity contribution in [3.63, 3.8) is 0 Å². The number of para-hydroxylation sites is 1. The molecule has 1 aromatic carbocycles. The second-order valence-corrected chi connectivity index (χ2v) is 6.20. The van der Waals surface area contributed by atoms with Gasteiger partial charge in [-0.2, -0.15) is 0 Å². The van der Waals surface area contributed by atoms with Crippen molar-refractivity contribution in [3.05, 3.63) is 29.6 Å². The van der Waals surface area contributed by atoms with Crippen LogP contribution in [-0.2, 0) is 6.54 Å². The lowest BCUT2D eigenvalue weighted by molar-refractivity contribution is 0.548. The minimum absolute atomic E-state index is 0.0748. The fraction of sp³-hybridized carbons (Fsp3) is 0.647. The molecule has 0 saturated heterocycles. The molecule has 1 N–H and O–H groups in total. The van der Waals surface area contributed by atoms with Crippen molar-refractivity contribution < 1.29 is 4.39 Å². The maximum atomic E-state index is 14.3. The Balaban J connectivity index is 2.16. The van der Waals surface area contributed by atoms with Crippen molar-refractivity contribution in [2.45, 2.75) is 52.6 Å². The molecule has 0 bridgehead atoms. The average Bonchev–Trinajstić information content (AvgIpc) is 3.21. The topological polar surface area (TPSA) is 15.3 Å². The molecule has 0 heterocycles. The summed E-state index contributed by atoms with van der Waals surface area (Å²) in [7, 11) is 0. The van der Waals surface area contributed by atoms with E-state index < -0.39 is 0 Å². The maximum Gasteiger partial charge on any atom is 0.146 e. The zero-order chi connectivity index (χ0) is 14.5. The molecule has 1 aliphatic carbocycles. The van der Waals surface area contributed by atoms with Gasteiger partial charge in [-0.25, -0.2) is 4.39 Å². The van der Waals surface area contributed by atoms with E-state index in [0.29, 0.717) is 12.0 Å². The summed E-state index contributed by atoms with van der Waals surface area (Å²) in [5.74, 6) is 0.538. The molecule has 0 amide bonds. The largest absolute Gasteiger partial charge is 0.366 e. The molecule has 20 heavy (non-hydrogen) atoms. The number of rotatable bonds is 8. The zero-order valence-corrected chi connectivity index (χ0v) is 13.0. The first-order valence-electron chi connectivity index (χ1n) is 7.88. The summed E-state index contributed by atoms with van der Waals surface area (Å²) in [6.45, 7) is 9.20. The third-order valence-electron chi connectivity index (χ3n) is 3.68. The van der Waals surface area contributed by atoms with Crippen LogP contribution in [0.1, 0.15) is 45.6 Å². The molecule has 112 valence electrons. The Kier molecular flexibility index (Phi) is 5.41. The highest BCUT2D eigenvalue weighted by Crippen LogP contribution is 2.35. The van der Waals surface area contributed by atoms with E-state index in [1.54, 1.807) is 6.07 Å². The summed E-state index contributed by atoms with van der Waals surface area (Å²) >= 11 is 0. The molecule has 0 aromatic heterocycles. The van der Waals surface area contributed by atoms with Crippen LogP contribution in [0.3, 0.4) is 0 Å². The van der Waals surface area contributed by atoms with Crippen molar-refractivity contribution >= 4 is 5.69 Å². The Labute approximate surface area is 122 Å². The normalized spacial score (nSPS) is 14.8. The van der Waals surface area contributed by atoms with Crippen molar-refractivity contribution in [1.82, 2.24) is 5.32 Å². The number of halogens is 1. The van der Waals surface area contributed by atoms with Crippen LogP contribution in [0.2, 0.25) is 0 Å². The van der Waals surface area contributed by atoms with Crippen LogP contribution in [0.25, 0.3) is 0 Å². The van der Waals surface area contributed by atoms with Crippen LogP contribution in [0.15, 0.2) is 18.2 Å². The lowest BCUT2D eigenvalue weighted by atomic mass is 10.1. The highest BCUT2D eigenvalue weighted by molar-refractivity contribution is 5.56. The van der Waals surface area contributed by atoms with E-state index in [0.717, 1.165) is 37.3 Å². The highest BCUT2D eigenvalue weighted by atomic mass is 19.1. The molecule has 0 aliphatic heterocycles. The summed E-state index contributed by atoms with van der Waals surface area (Å²) in [6, 6.07) is 6.02. The molecule has 1 aromatic rings. The smallest absolute Gasteiger partial charge is 0.146 e. The minimum atomic E-state index is -0.0748. The van der Waals surface area contributed by atoms with Crippen LogP contribution < -0.4 is 10.2 Å². The van der Waals surface area contributed by atoms with Gasteiger partial charge in [0.25, 0.3) is 0 Å². The van der Waals surface area contributed by atoms with Gasteiger partial charge in [-0.1, -0.05) is 32.9 Å². The van der Waals surface area contributed by atoms with E-state index >= 15 is 0 Å². The predicted octanol–water partition coefficient (Wildman–Crippen LogP) is 3.95. The first kappa shape index (κ1) is 15.3. The summed E-state index contributed by atoms with van der Waals surface area (Å²) < 4.78 is 14.3. The van der Waals surface area contributed by atoms with Crippen molar-refractivity contribution in [2.75, 3.05) is 18.0 Å². The van der Waals surface area contributed by atoms with Gasteiger partial charge in [-0.05, 0) is 43.4 Å². The Bertz CT molecular complexity index is 427. The minimum Gasteiger partial charge on any atom is -0.366 e. The summed E-state index contributed by atoms with van der Waals surface area (Å²) in [5.41, 5.74) is 1.92. The SMILES string of the molecule is CCCN(c1c(F)cccc1CNCC(C)C)C1CC1. The van der Waals surface area contributed by atoms with Crippen molar-refractivity contribution in [3.8, 4) is 0 Å². The molecule has 2 nitrogen and oxygen atoms in total. The van der Waals surface area contributed by atoms with Gasteiger partial charge in [0.2, 0.25) is 0 Å². The highest BCUT2D eigenvalue weighted by Gasteiger charge is 2.31. The number of anilines is 1. The number of hydrogen-bond acceptors (Lipinski definition) is 2. The lowest BCUT2D eigenvalue weighted by Gasteiger charge is -2.27.